The number of carbonyl (C=O) groups is 2. The second-order valence-electron chi connectivity index (χ2n) is 2.64. The van der Waals surface area contributed by atoms with Crippen LogP contribution in [0.25, 0.3) is 0 Å². The standard InChI is InChI=1S/C8H14O6/c9-7(10)13-5-3-1-2-4-6-14-8(11)12/h1-6H2,(H,9,10)(H,11,12). The van der Waals surface area contributed by atoms with E-state index in [-0.39, 0.29) is 13.2 Å². The maximum Gasteiger partial charge on any atom is 0.505 e. The van der Waals surface area contributed by atoms with Gasteiger partial charge in [-0.15, -0.1) is 0 Å². The molecule has 14 heavy (non-hydrogen) atoms. The highest BCUT2D eigenvalue weighted by Crippen LogP contribution is 2.00. The Morgan fingerprint density at radius 3 is 1.43 bits per heavy atom. The van der Waals surface area contributed by atoms with Crippen molar-refractivity contribution in [2.75, 3.05) is 13.2 Å². The van der Waals surface area contributed by atoms with Crippen LogP contribution < -0.4 is 0 Å². The van der Waals surface area contributed by atoms with Crippen molar-refractivity contribution in [2.24, 2.45) is 0 Å². The molecule has 0 saturated heterocycles. The lowest BCUT2D eigenvalue weighted by Gasteiger charge is -2.01. The lowest BCUT2D eigenvalue weighted by atomic mass is 10.2. The molecule has 0 amide bonds. The Morgan fingerprint density at radius 2 is 1.14 bits per heavy atom. The number of unbranched alkanes of at least 4 members (excludes halogenated alkanes) is 3. The number of rotatable bonds is 7. The van der Waals surface area contributed by atoms with Gasteiger partial charge in [-0.1, -0.05) is 0 Å². The van der Waals surface area contributed by atoms with Gasteiger partial charge in [-0.05, 0) is 25.7 Å². The molecule has 0 unspecified atom stereocenters. The second-order valence-corrected chi connectivity index (χ2v) is 2.64. The Hall–Kier alpha value is -1.46. The summed E-state index contributed by atoms with van der Waals surface area (Å²) in [4.78, 5) is 19.8. The summed E-state index contributed by atoms with van der Waals surface area (Å²) in [6.45, 7) is 0.379. The molecular formula is C8H14O6. The van der Waals surface area contributed by atoms with Crippen molar-refractivity contribution < 1.29 is 29.3 Å². The topological polar surface area (TPSA) is 93.1 Å². The number of hydrogen-bond donors (Lipinski definition) is 2. The minimum absolute atomic E-state index is 0.190. The number of ether oxygens (including phenoxy) is 2. The van der Waals surface area contributed by atoms with Gasteiger partial charge < -0.3 is 19.7 Å². The highest BCUT2D eigenvalue weighted by molar-refractivity contribution is 5.56. The van der Waals surface area contributed by atoms with Gasteiger partial charge in [0.05, 0.1) is 13.2 Å². The molecule has 6 heteroatoms. The molecule has 0 aromatic carbocycles. The van der Waals surface area contributed by atoms with Crippen molar-refractivity contribution in [1.82, 2.24) is 0 Å². The van der Waals surface area contributed by atoms with E-state index in [0.29, 0.717) is 12.8 Å². The molecule has 6 nitrogen and oxygen atoms in total. The molecule has 0 spiro atoms. The van der Waals surface area contributed by atoms with Crippen LogP contribution in [0.15, 0.2) is 0 Å². The minimum Gasteiger partial charge on any atom is -0.450 e. The van der Waals surface area contributed by atoms with Crippen LogP contribution in [0, 0.1) is 0 Å². The molecule has 0 radical (unpaired) electrons. The molecule has 82 valence electrons. The van der Waals surface area contributed by atoms with Crippen molar-refractivity contribution in [1.29, 1.82) is 0 Å². The van der Waals surface area contributed by atoms with Crippen molar-refractivity contribution >= 4 is 12.3 Å². The summed E-state index contributed by atoms with van der Waals surface area (Å²) in [7, 11) is 0. The molecule has 0 atom stereocenters. The average molecular weight is 206 g/mol. The third kappa shape index (κ3) is 10.5. The van der Waals surface area contributed by atoms with E-state index in [2.05, 4.69) is 9.47 Å². The van der Waals surface area contributed by atoms with Crippen LogP contribution in [0.2, 0.25) is 0 Å². The van der Waals surface area contributed by atoms with Gasteiger partial charge in [-0.25, -0.2) is 9.59 Å². The van der Waals surface area contributed by atoms with E-state index in [1.807, 2.05) is 0 Å². The lowest BCUT2D eigenvalue weighted by Crippen LogP contribution is -2.03. The normalized spacial score (nSPS) is 9.43. The largest absolute Gasteiger partial charge is 0.505 e. The average Bonchev–Trinajstić information content (AvgIpc) is 2.08. The zero-order chi connectivity index (χ0) is 10.8. The molecule has 0 aromatic heterocycles. The van der Waals surface area contributed by atoms with Crippen LogP contribution in [0.3, 0.4) is 0 Å². The van der Waals surface area contributed by atoms with Gasteiger partial charge in [0.2, 0.25) is 0 Å². The summed E-state index contributed by atoms with van der Waals surface area (Å²) < 4.78 is 8.56. The smallest absolute Gasteiger partial charge is 0.450 e. The zero-order valence-electron chi connectivity index (χ0n) is 7.77. The summed E-state index contributed by atoms with van der Waals surface area (Å²) in [5.41, 5.74) is 0. The maximum atomic E-state index is 9.90. The Balaban J connectivity index is 2.99. The van der Waals surface area contributed by atoms with Crippen LogP contribution in [-0.4, -0.2) is 35.7 Å². The van der Waals surface area contributed by atoms with Gasteiger partial charge in [0, 0.05) is 0 Å². The van der Waals surface area contributed by atoms with Gasteiger partial charge >= 0.3 is 12.3 Å². The summed E-state index contributed by atoms with van der Waals surface area (Å²) in [5.74, 6) is 0. The third-order valence-electron chi connectivity index (χ3n) is 1.49. The van der Waals surface area contributed by atoms with Gasteiger partial charge in [-0.3, -0.25) is 0 Å². The van der Waals surface area contributed by atoms with E-state index < -0.39 is 12.3 Å². The first-order valence-electron chi connectivity index (χ1n) is 4.34. The van der Waals surface area contributed by atoms with Gasteiger partial charge in [0.25, 0.3) is 0 Å². The highest BCUT2D eigenvalue weighted by atomic mass is 16.7. The predicted octanol–water partition coefficient (Wildman–Crippen LogP) is 1.94. The van der Waals surface area contributed by atoms with Gasteiger partial charge in [0.15, 0.2) is 0 Å². The van der Waals surface area contributed by atoms with Crippen LogP contribution >= 0.6 is 0 Å². The molecule has 2 N–H and O–H groups in total. The molecule has 0 fully saturated rings. The third-order valence-corrected chi connectivity index (χ3v) is 1.49. The van der Waals surface area contributed by atoms with Crippen LogP contribution in [0.1, 0.15) is 25.7 Å². The first-order chi connectivity index (χ1) is 6.63. The summed E-state index contributed by atoms with van der Waals surface area (Å²) in [6, 6.07) is 0. The zero-order valence-corrected chi connectivity index (χ0v) is 7.77. The van der Waals surface area contributed by atoms with Crippen molar-refractivity contribution in [3.63, 3.8) is 0 Å². The fourth-order valence-corrected chi connectivity index (χ4v) is 0.877. The molecule has 0 heterocycles. The molecule has 0 saturated carbocycles. The van der Waals surface area contributed by atoms with E-state index in [1.54, 1.807) is 0 Å². The monoisotopic (exact) mass is 206 g/mol. The van der Waals surface area contributed by atoms with E-state index in [9.17, 15) is 9.59 Å². The lowest BCUT2D eigenvalue weighted by molar-refractivity contribution is 0.0853. The fourth-order valence-electron chi connectivity index (χ4n) is 0.877. The molecule has 0 aliphatic carbocycles. The minimum atomic E-state index is -1.26. The first kappa shape index (κ1) is 12.5. The van der Waals surface area contributed by atoms with Gasteiger partial charge in [-0.2, -0.15) is 0 Å². The fraction of sp³-hybridized carbons (Fsp3) is 0.750. The molecular weight excluding hydrogens is 192 g/mol. The SMILES string of the molecule is O=C(O)OCCCCCCOC(=O)O. The predicted molar refractivity (Wildman–Crippen MR) is 46.4 cm³/mol. The summed E-state index contributed by atoms with van der Waals surface area (Å²) in [5, 5.41) is 16.2. The quantitative estimate of drug-likeness (QED) is 0.488. The maximum absolute atomic E-state index is 9.90. The Labute approximate surface area is 81.4 Å². The molecule has 0 aliphatic heterocycles. The van der Waals surface area contributed by atoms with E-state index in [4.69, 9.17) is 10.2 Å². The van der Waals surface area contributed by atoms with E-state index >= 15 is 0 Å². The molecule has 0 aromatic rings. The van der Waals surface area contributed by atoms with Crippen LogP contribution in [0.5, 0.6) is 0 Å². The summed E-state index contributed by atoms with van der Waals surface area (Å²) >= 11 is 0. The Bertz CT molecular complexity index is 159. The second kappa shape index (κ2) is 8.15. The van der Waals surface area contributed by atoms with E-state index in [0.717, 1.165) is 12.8 Å². The Morgan fingerprint density at radius 1 is 0.786 bits per heavy atom. The number of hydrogen-bond acceptors (Lipinski definition) is 4. The highest BCUT2D eigenvalue weighted by Gasteiger charge is 1.97. The van der Waals surface area contributed by atoms with E-state index in [1.165, 1.54) is 0 Å². The number of carboxylic acid groups (broad SMARTS) is 2. The van der Waals surface area contributed by atoms with Crippen molar-refractivity contribution in [2.45, 2.75) is 25.7 Å². The van der Waals surface area contributed by atoms with Gasteiger partial charge in [0.1, 0.15) is 0 Å². The summed E-state index contributed by atoms with van der Waals surface area (Å²) in [6.07, 6.45) is 0.379. The van der Waals surface area contributed by atoms with Crippen molar-refractivity contribution in [3.05, 3.63) is 0 Å². The van der Waals surface area contributed by atoms with Crippen molar-refractivity contribution in [3.8, 4) is 0 Å². The molecule has 0 aliphatic rings. The van der Waals surface area contributed by atoms with Crippen LogP contribution in [0.4, 0.5) is 9.59 Å². The first-order valence-corrected chi connectivity index (χ1v) is 4.34. The Kier molecular flexibility index (Phi) is 7.30. The van der Waals surface area contributed by atoms with Crippen LogP contribution in [-0.2, 0) is 9.47 Å². The molecule has 0 bridgehead atoms. The molecule has 0 rings (SSSR count).